The summed E-state index contributed by atoms with van der Waals surface area (Å²) in [4.78, 5) is 9.83. The lowest BCUT2D eigenvalue weighted by Crippen LogP contribution is -2.34. The van der Waals surface area contributed by atoms with Gasteiger partial charge in [-0.1, -0.05) is 0 Å². The largest absolute Gasteiger partial charge is 0.464 e. The Morgan fingerprint density at radius 1 is 1.50 bits per heavy atom. The summed E-state index contributed by atoms with van der Waals surface area (Å²) in [7, 11) is -3.65. The molecule has 0 saturated carbocycles. The molecule has 60 valence electrons. The van der Waals surface area contributed by atoms with E-state index in [0.717, 1.165) is 0 Å². The van der Waals surface area contributed by atoms with Crippen LogP contribution in [0.3, 0.4) is 0 Å². The summed E-state index contributed by atoms with van der Waals surface area (Å²) in [6, 6.07) is 0. The molecule has 0 aliphatic heterocycles. The number of hydrogen-bond donors (Lipinski definition) is 2. The van der Waals surface area contributed by atoms with Crippen LogP contribution >= 0.6 is 0 Å². The van der Waals surface area contributed by atoms with Crippen molar-refractivity contribution in [1.82, 2.24) is 4.72 Å². The fourth-order valence-electron chi connectivity index (χ4n) is 0.240. The van der Waals surface area contributed by atoms with Crippen LogP contribution in [0.1, 0.15) is 13.8 Å². The summed E-state index contributed by atoms with van der Waals surface area (Å²) in [5.41, 5.74) is 0. The highest BCUT2D eigenvalue weighted by Gasteiger charge is 2.17. The zero-order chi connectivity index (χ0) is 8.36. The Labute approximate surface area is 59.1 Å². The summed E-state index contributed by atoms with van der Waals surface area (Å²) in [5, 5.41) is 7.29. The quantitative estimate of drug-likeness (QED) is 0.606. The third-order valence-corrected chi connectivity index (χ3v) is 2.55. The van der Waals surface area contributed by atoms with Gasteiger partial charge in [-0.05, 0) is 13.8 Å². The molecule has 0 heterocycles. The number of carbonyl (C=O) groups is 1. The second kappa shape index (κ2) is 2.87. The normalized spacial score (nSPS) is 11.5. The average molecular weight is 167 g/mol. The van der Waals surface area contributed by atoms with Gasteiger partial charge < -0.3 is 5.11 Å². The second-order valence-electron chi connectivity index (χ2n) is 2.00. The maximum atomic E-state index is 10.6. The molecule has 0 unspecified atom stereocenters. The van der Waals surface area contributed by atoms with Crippen LogP contribution in [-0.2, 0) is 10.0 Å². The summed E-state index contributed by atoms with van der Waals surface area (Å²) in [6.45, 7) is 2.79. The molecule has 0 aliphatic carbocycles. The van der Waals surface area contributed by atoms with Crippen LogP contribution in [0.4, 0.5) is 4.79 Å². The minimum absolute atomic E-state index is 0.719. The van der Waals surface area contributed by atoms with E-state index >= 15 is 0 Å². The smallest absolute Gasteiger partial charge is 0.418 e. The van der Waals surface area contributed by atoms with Gasteiger partial charge in [-0.2, -0.15) is 0 Å². The molecule has 0 aromatic heterocycles. The van der Waals surface area contributed by atoms with Crippen molar-refractivity contribution in [2.24, 2.45) is 0 Å². The molecule has 6 heteroatoms. The maximum Gasteiger partial charge on any atom is 0.418 e. The van der Waals surface area contributed by atoms with Gasteiger partial charge in [0, 0.05) is 0 Å². The van der Waals surface area contributed by atoms with Gasteiger partial charge >= 0.3 is 6.09 Å². The number of carboxylic acid groups (broad SMARTS) is 1. The van der Waals surface area contributed by atoms with Gasteiger partial charge in [0.05, 0.1) is 5.25 Å². The SMILES string of the molecule is CC(C)S(=O)(=O)NC(=O)O. The molecule has 10 heavy (non-hydrogen) atoms. The Morgan fingerprint density at radius 2 is 1.90 bits per heavy atom. The van der Waals surface area contributed by atoms with Crippen LogP contribution in [0.2, 0.25) is 0 Å². The van der Waals surface area contributed by atoms with Crippen LogP contribution in [-0.4, -0.2) is 24.9 Å². The standard InChI is InChI=1S/C4H9NO4S/c1-3(2)10(8,9)5-4(6)7/h3,5H,1-2H3,(H,6,7). The summed E-state index contributed by atoms with van der Waals surface area (Å²) in [5.74, 6) is 0. The van der Waals surface area contributed by atoms with Crippen molar-refractivity contribution in [3.8, 4) is 0 Å². The van der Waals surface area contributed by atoms with Gasteiger partial charge in [-0.3, -0.25) is 0 Å². The highest BCUT2D eigenvalue weighted by atomic mass is 32.2. The Morgan fingerprint density at radius 3 is 2.00 bits per heavy atom. The van der Waals surface area contributed by atoms with Crippen molar-refractivity contribution in [3.63, 3.8) is 0 Å². The van der Waals surface area contributed by atoms with Gasteiger partial charge in [0.1, 0.15) is 0 Å². The molecule has 0 atom stereocenters. The van der Waals surface area contributed by atoms with E-state index in [0.29, 0.717) is 0 Å². The van der Waals surface area contributed by atoms with Crippen molar-refractivity contribution >= 4 is 16.1 Å². The number of hydrogen-bond acceptors (Lipinski definition) is 3. The lowest BCUT2D eigenvalue weighted by molar-refractivity contribution is 0.201. The molecule has 5 nitrogen and oxygen atoms in total. The monoisotopic (exact) mass is 167 g/mol. The molecule has 0 aliphatic rings. The lowest BCUT2D eigenvalue weighted by atomic mass is 10.6. The first kappa shape index (κ1) is 9.22. The van der Waals surface area contributed by atoms with Gasteiger partial charge in [-0.15, -0.1) is 0 Å². The predicted octanol–water partition coefficient (Wildman–Crippen LogP) is -0.00780. The molecule has 0 rings (SSSR count). The van der Waals surface area contributed by atoms with Crippen LogP contribution in [0, 0.1) is 0 Å². The van der Waals surface area contributed by atoms with Crippen molar-refractivity contribution < 1.29 is 18.3 Å². The first-order valence-corrected chi connectivity index (χ1v) is 4.15. The third-order valence-electron chi connectivity index (χ3n) is 0.850. The maximum absolute atomic E-state index is 10.6. The van der Waals surface area contributed by atoms with Crippen molar-refractivity contribution in [1.29, 1.82) is 0 Å². The second-order valence-corrected chi connectivity index (χ2v) is 4.24. The molecule has 1 amide bonds. The van der Waals surface area contributed by atoms with E-state index in [-0.39, 0.29) is 0 Å². The van der Waals surface area contributed by atoms with E-state index in [1.54, 1.807) is 0 Å². The zero-order valence-corrected chi connectivity index (χ0v) is 6.47. The van der Waals surface area contributed by atoms with Gasteiger partial charge in [0.2, 0.25) is 10.0 Å². The Kier molecular flexibility index (Phi) is 2.65. The van der Waals surface area contributed by atoms with Gasteiger partial charge in [0.25, 0.3) is 0 Å². The van der Waals surface area contributed by atoms with Crippen molar-refractivity contribution in [2.75, 3.05) is 0 Å². The van der Waals surface area contributed by atoms with E-state index in [9.17, 15) is 13.2 Å². The first-order chi connectivity index (χ1) is 4.36. The number of rotatable bonds is 2. The lowest BCUT2D eigenvalue weighted by Gasteiger charge is -2.04. The van der Waals surface area contributed by atoms with E-state index in [2.05, 4.69) is 0 Å². The van der Waals surface area contributed by atoms with E-state index in [4.69, 9.17) is 5.11 Å². The molecule has 0 radical (unpaired) electrons. The summed E-state index contributed by atoms with van der Waals surface area (Å²) >= 11 is 0. The molecular formula is C4H9NO4S. The minimum Gasteiger partial charge on any atom is -0.464 e. The predicted molar refractivity (Wildman–Crippen MR) is 35.2 cm³/mol. The first-order valence-electron chi connectivity index (χ1n) is 2.61. The van der Waals surface area contributed by atoms with Crippen molar-refractivity contribution in [2.45, 2.75) is 19.1 Å². The Bertz CT molecular complexity index is 217. The van der Waals surface area contributed by atoms with E-state index < -0.39 is 21.4 Å². The Balaban J connectivity index is 4.31. The molecule has 0 saturated heterocycles. The van der Waals surface area contributed by atoms with Crippen molar-refractivity contribution in [3.05, 3.63) is 0 Å². The van der Waals surface area contributed by atoms with Crippen LogP contribution in [0.5, 0.6) is 0 Å². The van der Waals surface area contributed by atoms with E-state index in [1.807, 2.05) is 0 Å². The van der Waals surface area contributed by atoms with Crippen LogP contribution in [0.25, 0.3) is 0 Å². The third kappa shape index (κ3) is 2.67. The molecular weight excluding hydrogens is 158 g/mol. The highest BCUT2D eigenvalue weighted by molar-refractivity contribution is 7.90. The Hall–Kier alpha value is -0.780. The molecule has 0 spiro atoms. The molecule has 0 aromatic carbocycles. The van der Waals surface area contributed by atoms with Crippen LogP contribution < -0.4 is 4.72 Å². The minimum atomic E-state index is -3.65. The van der Waals surface area contributed by atoms with E-state index in [1.165, 1.54) is 18.6 Å². The molecule has 0 aromatic rings. The van der Waals surface area contributed by atoms with Gasteiger partial charge in [-0.25, -0.2) is 17.9 Å². The fourth-order valence-corrected chi connectivity index (χ4v) is 0.719. The van der Waals surface area contributed by atoms with Gasteiger partial charge in [0.15, 0.2) is 0 Å². The van der Waals surface area contributed by atoms with Crippen LogP contribution in [0.15, 0.2) is 0 Å². The number of amides is 1. The molecule has 0 bridgehead atoms. The topological polar surface area (TPSA) is 83.5 Å². The number of nitrogens with one attached hydrogen (secondary N) is 1. The summed E-state index contributed by atoms with van der Waals surface area (Å²) < 4.78 is 22.7. The fraction of sp³-hybridized carbons (Fsp3) is 0.750. The summed E-state index contributed by atoms with van der Waals surface area (Å²) in [6.07, 6.45) is -1.55. The molecule has 0 fully saturated rings. The zero-order valence-electron chi connectivity index (χ0n) is 5.66. The highest BCUT2D eigenvalue weighted by Crippen LogP contribution is 1.94. The average Bonchev–Trinajstić information content (AvgIpc) is 1.60. The number of sulfonamides is 1. The molecule has 2 N–H and O–H groups in total.